The lowest BCUT2D eigenvalue weighted by Crippen LogP contribution is -2.41. The molecule has 2 heterocycles. The molecule has 0 radical (unpaired) electrons. The molecular weight excluding hydrogens is 255 g/mol. The van der Waals surface area contributed by atoms with Gasteiger partial charge in [-0.15, -0.1) is 0 Å². The van der Waals surface area contributed by atoms with Gasteiger partial charge in [0.1, 0.15) is 5.69 Å². The summed E-state index contributed by atoms with van der Waals surface area (Å²) in [6, 6.07) is 3.53. The van der Waals surface area contributed by atoms with Gasteiger partial charge in [0.25, 0.3) is 5.91 Å². The summed E-state index contributed by atoms with van der Waals surface area (Å²) in [6.07, 6.45) is 1.60. The number of pyridine rings is 1. The average Bonchev–Trinajstić information content (AvgIpc) is 2.59. The fraction of sp³-hybridized carbons (Fsp3) is 0.571. The van der Waals surface area contributed by atoms with Crippen molar-refractivity contribution in [1.29, 1.82) is 0 Å². The number of amides is 1. The molecule has 108 valence electrons. The zero-order valence-electron chi connectivity index (χ0n) is 12.7. The van der Waals surface area contributed by atoms with E-state index in [1.165, 1.54) is 0 Å². The molecule has 6 heteroatoms. The minimum atomic E-state index is -0.476. The minimum absolute atomic E-state index is 0.189. The van der Waals surface area contributed by atoms with E-state index in [0.29, 0.717) is 12.2 Å². The van der Waals surface area contributed by atoms with Crippen molar-refractivity contribution in [1.82, 2.24) is 10.3 Å². The summed E-state index contributed by atoms with van der Waals surface area (Å²) >= 11 is 0. The maximum atomic E-state index is 11.8. The van der Waals surface area contributed by atoms with Crippen LogP contribution in [0.3, 0.4) is 0 Å². The van der Waals surface area contributed by atoms with Gasteiger partial charge in [0.05, 0.1) is 11.2 Å². The predicted octanol–water partition coefficient (Wildman–Crippen LogP) is 1.13. The Morgan fingerprint density at radius 3 is 2.45 bits per heavy atom. The summed E-state index contributed by atoms with van der Waals surface area (Å²) in [5.41, 5.74) is 0.387. The lowest BCUT2D eigenvalue weighted by molar-refractivity contribution is 0.00578. The molecule has 0 saturated carbocycles. The Labute approximate surface area is 120 Å². The highest BCUT2D eigenvalue weighted by Crippen LogP contribution is 2.36. The van der Waals surface area contributed by atoms with Gasteiger partial charge in [0.2, 0.25) is 0 Å². The Bertz CT molecular complexity index is 501. The summed E-state index contributed by atoms with van der Waals surface area (Å²) in [4.78, 5) is 15.9. The van der Waals surface area contributed by atoms with Crippen LogP contribution >= 0.6 is 0 Å². The molecule has 0 aromatic carbocycles. The van der Waals surface area contributed by atoms with Crippen molar-refractivity contribution in [3.8, 4) is 0 Å². The van der Waals surface area contributed by atoms with Gasteiger partial charge in [-0.25, -0.2) is 0 Å². The van der Waals surface area contributed by atoms with E-state index in [1.54, 1.807) is 12.3 Å². The summed E-state index contributed by atoms with van der Waals surface area (Å²) in [5.74, 6) is -0.189. The molecule has 1 aromatic heterocycles. The first-order valence-electron chi connectivity index (χ1n) is 6.86. The molecular formula is C14H21BN2O3. The highest BCUT2D eigenvalue weighted by atomic mass is 16.7. The van der Waals surface area contributed by atoms with E-state index in [9.17, 15) is 4.79 Å². The Kier molecular flexibility index (Phi) is 3.89. The second kappa shape index (κ2) is 5.18. The number of hydrogen-bond acceptors (Lipinski definition) is 4. The standard InChI is InChI=1S/C14H21BN2O3/c1-6-16-12(18)11-9-10(7-8-17-11)15-19-13(2,3)14(4,5)20-15/h7-9H,6H2,1-5H3,(H,16,18). The molecule has 0 aliphatic carbocycles. The Morgan fingerprint density at radius 2 is 1.90 bits per heavy atom. The number of nitrogens with one attached hydrogen (secondary N) is 1. The molecule has 1 aliphatic heterocycles. The lowest BCUT2D eigenvalue weighted by atomic mass is 9.79. The van der Waals surface area contributed by atoms with Crippen molar-refractivity contribution in [2.24, 2.45) is 0 Å². The first kappa shape index (κ1) is 15.0. The predicted molar refractivity (Wildman–Crippen MR) is 78.0 cm³/mol. The third kappa shape index (κ3) is 2.71. The summed E-state index contributed by atoms with van der Waals surface area (Å²) < 4.78 is 11.9. The van der Waals surface area contributed by atoms with Gasteiger partial charge in [-0.05, 0) is 52.2 Å². The number of aromatic nitrogens is 1. The molecule has 1 fully saturated rings. The van der Waals surface area contributed by atoms with E-state index < -0.39 is 18.3 Å². The van der Waals surface area contributed by atoms with Gasteiger partial charge in [0, 0.05) is 12.7 Å². The van der Waals surface area contributed by atoms with E-state index in [1.807, 2.05) is 40.7 Å². The number of carbonyl (C=O) groups excluding carboxylic acids is 1. The Morgan fingerprint density at radius 1 is 1.30 bits per heavy atom. The van der Waals surface area contributed by atoms with Crippen molar-refractivity contribution in [3.05, 3.63) is 24.0 Å². The molecule has 0 bridgehead atoms. The summed E-state index contributed by atoms with van der Waals surface area (Å²) in [5, 5.41) is 2.73. The van der Waals surface area contributed by atoms with Gasteiger partial charge < -0.3 is 14.6 Å². The van der Waals surface area contributed by atoms with Gasteiger partial charge >= 0.3 is 7.12 Å². The van der Waals surface area contributed by atoms with E-state index in [-0.39, 0.29) is 5.91 Å². The third-order valence-corrected chi connectivity index (χ3v) is 3.88. The van der Waals surface area contributed by atoms with Crippen LogP contribution < -0.4 is 10.8 Å². The zero-order valence-corrected chi connectivity index (χ0v) is 12.7. The molecule has 1 aromatic rings. The average molecular weight is 276 g/mol. The SMILES string of the molecule is CCNC(=O)c1cc(B2OC(C)(C)C(C)(C)O2)ccn1. The molecule has 2 rings (SSSR count). The van der Waals surface area contributed by atoms with E-state index in [2.05, 4.69) is 10.3 Å². The van der Waals surface area contributed by atoms with Gasteiger partial charge in [0.15, 0.2) is 0 Å². The molecule has 1 saturated heterocycles. The summed E-state index contributed by atoms with van der Waals surface area (Å²) in [6.45, 7) is 10.4. The fourth-order valence-corrected chi connectivity index (χ4v) is 1.95. The van der Waals surface area contributed by atoms with Crippen molar-refractivity contribution < 1.29 is 14.1 Å². The topological polar surface area (TPSA) is 60.5 Å². The van der Waals surface area contributed by atoms with Crippen LogP contribution in [-0.4, -0.2) is 35.8 Å². The maximum absolute atomic E-state index is 11.8. The number of rotatable bonds is 3. The van der Waals surface area contributed by atoms with Crippen molar-refractivity contribution >= 4 is 18.5 Å². The molecule has 20 heavy (non-hydrogen) atoms. The minimum Gasteiger partial charge on any atom is -0.399 e. The van der Waals surface area contributed by atoms with Gasteiger partial charge in [-0.3, -0.25) is 9.78 Å². The second-order valence-electron chi connectivity index (χ2n) is 5.92. The molecule has 1 amide bonds. The highest BCUT2D eigenvalue weighted by molar-refractivity contribution is 6.62. The molecule has 1 aliphatic rings. The van der Waals surface area contributed by atoms with Crippen LogP contribution in [0.5, 0.6) is 0 Å². The number of hydrogen-bond donors (Lipinski definition) is 1. The molecule has 0 atom stereocenters. The van der Waals surface area contributed by atoms with Gasteiger partial charge in [-0.1, -0.05) is 0 Å². The van der Waals surface area contributed by atoms with Crippen LogP contribution in [0.4, 0.5) is 0 Å². The molecule has 1 N–H and O–H groups in total. The second-order valence-corrected chi connectivity index (χ2v) is 5.92. The van der Waals surface area contributed by atoms with Crippen molar-refractivity contribution in [2.45, 2.75) is 45.8 Å². The largest absolute Gasteiger partial charge is 0.494 e. The third-order valence-electron chi connectivity index (χ3n) is 3.88. The van der Waals surface area contributed by atoms with Crippen LogP contribution in [0.25, 0.3) is 0 Å². The van der Waals surface area contributed by atoms with Crippen LogP contribution in [-0.2, 0) is 9.31 Å². The summed E-state index contributed by atoms with van der Waals surface area (Å²) in [7, 11) is -0.476. The van der Waals surface area contributed by atoms with Crippen molar-refractivity contribution in [3.63, 3.8) is 0 Å². The van der Waals surface area contributed by atoms with Crippen LogP contribution in [0.1, 0.15) is 45.1 Å². The molecule has 0 unspecified atom stereocenters. The Hall–Kier alpha value is -1.40. The van der Waals surface area contributed by atoms with Gasteiger partial charge in [-0.2, -0.15) is 0 Å². The van der Waals surface area contributed by atoms with E-state index in [0.717, 1.165) is 5.46 Å². The molecule has 5 nitrogen and oxygen atoms in total. The van der Waals surface area contributed by atoms with Crippen LogP contribution in [0.15, 0.2) is 18.3 Å². The lowest BCUT2D eigenvalue weighted by Gasteiger charge is -2.32. The first-order valence-corrected chi connectivity index (χ1v) is 6.86. The van der Waals surface area contributed by atoms with Crippen LogP contribution in [0, 0.1) is 0 Å². The quantitative estimate of drug-likeness (QED) is 0.841. The van der Waals surface area contributed by atoms with Crippen molar-refractivity contribution in [2.75, 3.05) is 6.54 Å². The Balaban J connectivity index is 2.23. The first-order chi connectivity index (χ1) is 9.27. The molecule has 0 spiro atoms. The monoisotopic (exact) mass is 276 g/mol. The van der Waals surface area contributed by atoms with E-state index >= 15 is 0 Å². The highest BCUT2D eigenvalue weighted by Gasteiger charge is 2.51. The number of nitrogens with zero attached hydrogens (tertiary/aromatic N) is 1. The normalized spacial score (nSPS) is 19.9. The van der Waals surface area contributed by atoms with Crippen LogP contribution in [0.2, 0.25) is 0 Å². The fourth-order valence-electron chi connectivity index (χ4n) is 1.95. The van der Waals surface area contributed by atoms with E-state index in [4.69, 9.17) is 9.31 Å². The number of carbonyl (C=O) groups is 1. The smallest absolute Gasteiger partial charge is 0.399 e. The zero-order chi connectivity index (χ0) is 15.0. The maximum Gasteiger partial charge on any atom is 0.494 e.